The summed E-state index contributed by atoms with van der Waals surface area (Å²) in [6.45, 7) is 9.06. The van der Waals surface area contributed by atoms with Crippen LogP contribution in [0.15, 0.2) is 28.0 Å². The Hall–Kier alpha value is -1.96. The average Bonchev–Trinajstić information content (AvgIpc) is 3.39. The molecular weight excluding hydrogens is 410 g/mol. The van der Waals surface area contributed by atoms with Gasteiger partial charge in [0, 0.05) is 19.1 Å². The van der Waals surface area contributed by atoms with E-state index in [1.54, 1.807) is 6.26 Å². The lowest BCUT2D eigenvalue weighted by Crippen LogP contribution is -2.40. The molecule has 170 valence electrons. The summed E-state index contributed by atoms with van der Waals surface area (Å²) < 4.78 is 7.73. The topological polar surface area (TPSA) is 76.2 Å². The van der Waals surface area contributed by atoms with Crippen molar-refractivity contribution >= 4 is 23.6 Å². The Morgan fingerprint density at radius 2 is 1.97 bits per heavy atom. The third-order valence-corrected chi connectivity index (χ3v) is 7.43. The summed E-state index contributed by atoms with van der Waals surface area (Å²) in [6, 6.07) is 4.19. The monoisotopic (exact) mass is 445 g/mol. The van der Waals surface area contributed by atoms with Crippen LogP contribution >= 0.6 is 11.8 Å². The van der Waals surface area contributed by atoms with Gasteiger partial charge in [-0.1, -0.05) is 44.9 Å². The van der Waals surface area contributed by atoms with Gasteiger partial charge in [0.25, 0.3) is 0 Å². The average molecular weight is 446 g/mol. The number of amides is 1. The number of aromatic nitrogens is 3. The third-order valence-electron chi connectivity index (χ3n) is 6.35. The first-order valence-electron chi connectivity index (χ1n) is 11.7. The lowest BCUT2D eigenvalue weighted by molar-refractivity contribution is -0.121. The van der Waals surface area contributed by atoms with Gasteiger partial charge in [0.1, 0.15) is 5.76 Å². The Morgan fingerprint density at radius 3 is 2.65 bits per heavy atom. The van der Waals surface area contributed by atoms with Crippen molar-refractivity contribution in [3.8, 4) is 0 Å². The normalized spacial score (nSPS) is 23.6. The van der Waals surface area contributed by atoms with Crippen LogP contribution in [-0.4, -0.2) is 45.1 Å². The molecule has 1 amide bonds. The second-order valence-corrected chi connectivity index (χ2v) is 10.7. The van der Waals surface area contributed by atoms with Gasteiger partial charge < -0.3 is 14.6 Å². The molecule has 2 aromatic rings. The molecule has 1 saturated heterocycles. The van der Waals surface area contributed by atoms with Crippen LogP contribution < -0.4 is 10.2 Å². The number of anilines is 1. The number of carbonyl (C=O) groups is 1. The number of nitrogens with zero attached hydrogens (tertiary/aromatic N) is 4. The molecule has 2 aromatic heterocycles. The minimum absolute atomic E-state index is 0.0891. The van der Waals surface area contributed by atoms with Gasteiger partial charge in [0.2, 0.25) is 11.9 Å². The summed E-state index contributed by atoms with van der Waals surface area (Å²) >= 11 is 1.48. The molecular formula is C23H35N5O2S. The molecule has 1 aliphatic heterocycles. The molecule has 0 bridgehead atoms. The van der Waals surface area contributed by atoms with E-state index in [1.165, 1.54) is 37.4 Å². The zero-order chi connectivity index (χ0) is 21.8. The van der Waals surface area contributed by atoms with Gasteiger partial charge in [0.15, 0.2) is 5.16 Å². The van der Waals surface area contributed by atoms with E-state index < -0.39 is 0 Å². The van der Waals surface area contributed by atoms with E-state index >= 15 is 0 Å². The van der Waals surface area contributed by atoms with Crippen molar-refractivity contribution in [2.75, 3.05) is 18.0 Å². The van der Waals surface area contributed by atoms with E-state index in [9.17, 15) is 4.79 Å². The summed E-state index contributed by atoms with van der Waals surface area (Å²) in [5.41, 5.74) is 0. The Morgan fingerprint density at radius 1 is 1.23 bits per heavy atom. The van der Waals surface area contributed by atoms with Gasteiger partial charge in [-0.25, -0.2) is 0 Å². The van der Waals surface area contributed by atoms with Crippen molar-refractivity contribution in [2.45, 2.75) is 82.3 Å². The maximum atomic E-state index is 12.8. The van der Waals surface area contributed by atoms with Gasteiger partial charge in [-0.3, -0.25) is 9.36 Å². The number of rotatable bonds is 7. The molecule has 2 fully saturated rings. The second kappa shape index (κ2) is 10.1. The Balaban J connectivity index is 1.50. The zero-order valence-electron chi connectivity index (χ0n) is 18.9. The minimum atomic E-state index is -0.228. The van der Waals surface area contributed by atoms with Crippen LogP contribution in [-0.2, 0) is 11.3 Å². The van der Waals surface area contributed by atoms with Crippen molar-refractivity contribution in [1.29, 1.82) is 0 Å². The number of nitrogens with one attached hydrogen (secondary N) is 1. The van der Waals surface area contributed by atoms with E-state index in [-0.39, 0.29) is 11.2 Å². The Kier molecular flexibility index (Phi) is 7.25. The summed E-state index contributed by atoms with van der Waals surface area (Å²) in [5.74, 6) is 3.06. The Labute approximate surface area is 189 Å². The lowest BCUT2D eigenvalue weighted by Gasteiger charge is -2.35. The van der Waals surface area contributed by atoms with Crippen molar-refractivity contribution in [1.82, 2.24) is 20.1 Å². The summed E-state index contributed by atoms with van der Waals surface area (Å²) in [7, 11) is 0. The molecule has 3 heterocycles. The molecule has 3 unspecified atom stereocenters. The quantitative estimate of drug-likeness (QED) is 0.639. The second-order valence-electron chi connectivity index (χ2n) is 9.40. The standard InChI is InChI=1S/C23H35N5O2S/c1-16-12-17(2)14-27(13-16)22-25-26-23(28(22)15-20-10-7-11-30-20)31-18(3)21(29)24-19-8-5-4-6-9-19/h7,10-11,16-19H,4-6,8-9,12-15H2,1-3H3,(H,24,29). The number of carbonyl (C=O) groups excluding carboxylic acids is 1. The van der Waals surface area contributed by atoms with E-state index in [4.69, 9.17) is 4.42 Å². The van der Waals surface area contributed by atoms with E-state index in [2.05, 4.69) is 38.8 Å². The highest BCUT2D eigenvalue weighted by atomic mass is 32.2. The van der Waals surface area contributed by atoms with Crippen molar-refractivity contribution in [3.05, 3.63) is 24.2 Å². The molecule has 0 spiro atoms. The number of thioether (sulfide) groups is 1. The largest absolute Gasteiger partial charge is 0.467 e. The first-order valence-corrected chi connectivity index (χ1v) is 12.5. The van der Waals surface area contributed by atoms with E-state index in [0.29, 0.717) is 24.4 Å². The van der Waals surface area contributed by atoms with Gasteiger partial charge in [-0.2, -0.15) is 0 Å². The van der Waals surface area contributed by atoms with Crippen LogP contribution in [0.1, 0.15) is 65.1 Å². The first-order chi connectivity index (χ1) is 15.0. The molecule has 3 atom stereocenters. The van der Waals surface area contributed by atoms with Gasteiger partial charge in [-0.05, 0) is 50.2 Å². The molecule has 0 aromatic carbocycles. The maximum absolute atomic E-state index is 12.8. The highest BCUT2D eigenvalue weighted by Gasteiger charge is 2.29. The molecule has 1 N–H and O–H groups in total. The molecule has 7 nitrogen and oxygen atoms in total. The highest BCUT2D eigenvalue weighted by Crippen LogP contribution is 2.31. The number of hydrogen-bond donors (Lipinski definition) is 1. The zero-order valence-corrected chi connectivity index (χ0v) is 19.7. The van der Waals surface area contributed by atoms with Crippen LogP contribution in [0.5, 0.6) is 0 Å². The van der Waals surface area contributed by atoms with Crippen LogP contribution in [0.4, 0.5) is 5.95 Å². The predicted octanol–water partition coefficient (Wildman–Crippen LogP) is 4.33. The van der Waals surface area contributed by atoms with Crippen LogP contribution in [0.25, 0.3) is 0 Å². The summed E-state index contributed by atoms with van der Waals surface area (Å²) in [5, 5.41) is 12.8. The predicted molar refractivity (Wildman–Crippen MR) is 123 cm³/mol. The molecule has 2 aliphatic rings. The SMILES string of the molecule is CC1CC(C)CN(c2nnc(SC(C)C(=O)NC3CCCCC3)n2Cc2ccco2)C1. The van der Waals surface area contributed by atoms with Crippen molar-refractivity contribution < 1.29 is 9.21 Å². The minimum Gasteiger partial charge on any atom is -0.467 e. The van der Waals surface area contributed by atoms with Crippen LogP contribution in [0.2, 0.25) is 0 Å². The van der Waals surface area contributed by atoms with E-state index in [0.717, 1.165) is 42.8 Å². The van der Waals surface area contributed by atoms with Gasteiger partial charge >= 0.3 is 0 Å². The molecule has 1 aliphatic carbocycles. The number of furan rings is 1. The first kappa shape index (κ1) is 22.2. The number of hydrogen-bond acceptors (Lipinski definition) is 6. The fraction of sp³-hybridized carbons (Fsp3) is 0.696. The molecule has 4 rings (SSSR count). The molecule has 8 heteroatoms. The third kappa shape index (κ3) is 5.64. The van der Waals surface area contributed by atoms with Crippen molar-refractivity contribution in [2.24, 2.45) is 11.8 Å². The lowest BCUT2D eigenvalue weighted by atomic mass is 9.92. The van der Waals surface area contributed by atoms with Gasteiger partial charge in [0.05, 0.1) is 18.1 Å². The molecule has 1 saturated carbocycles. The van der Waals surface area contributed by atoms with Crippen LogP contribution in [0, 0.1) is 11.8 Å². The fourth-order valence-electron chi connectivity index (χ4n) is 4.90. The summed E-state index contributed by atoms with van der Waals surface area (Å²) in [6.07, 6.45) is 8.81. The fourth-order valence-corrected chi connectivity index (χ4v) is 5.75. The smallest absolute Gasteiger partial charge is 0.233 e. The maximum Gasteiger partial charge on any atom is 0.233 e. The number of piperidine rings is 1. The highest BCUT2D eigenvalue weighted by molar-refractivity contribution is 8.00. The van der Waals surface area contributed by atoms with Crippen LogP contribution in [0.3, 0.4) is 0 Å². The van der Waals surface area contributed by atoms with Crippen molar-refractivity contribution in [3.63, 3.8) is 0 Å². The van der Waals surface area contributed by atoms with E-state index in [1.807, 2.05) is 19.1 Å². The molecule has 0 radical (unpaired) electrons. The molecule has 31 heavy (non-hydrogen) atoms. The summed E-state index contributed by atoms with van der Waals surface area (Å²) in [4.78, 5) is 15.2. The Bertz CT molecular complexity index is 836. The van der Waals surface area contributed by atoms with Gasteiger partial charge in [-0.15, -0.1) is 10.2 Å².